The van der Waals surface area contributed by atoms with E-state index < -0.39 is 14.6 Å². The first-order chi connectivity index (χ1) is 6.75. The van der Waals surface area contributed by atoms with E-state index in [1.807, 2.05) is 0 Å². The quantitative estimate of drug-likeness (QED) is 0.750. The Morgan fingerprint density at radius 3 is 2.13 bits per heavy atom. The SMILES string of the molecule is CC(C)(C)C1CC1(CBr)S(=O)(=O)C1CC1. The summed E-state index contributed by atoms with van der Waals surface area (Å²) in [5.74, 6) is 0.329. The third kappa shape index (κ3) is 1.68. The highest BCUT2D eigenvalue weighted by molar-refractivity contribution is 9.09. The molecule has 2 saturated carbocycles. The minimum atomic E-state index is -2.88. The van der Waals surface area contributed by atoms with E-state index in [2.05, 4.69) is 36.7 Å². The molecule has 0 aromatic rings. The molecule has 15 heavy (non-hydrogen) atoms. The molecule has 0 spiro atoms. The highest BCUT2D eigenvalue weighted by Gasteiger charge is 2.68. The second kappa shape index (κ2) is 3.22. The van der Waals surface area contributed by atoms with E-state index >= 15 is 0 Å². The zero-order valence-electron chi connectivity index (χ0n) is 9.59. The summed E-state index contributed by atoms with van der Waals surface area (Å²) in [4.78, 5) is 0. The van der Waals surface area contributed by atoms with Crippen molar-refractivity contribution < 1.29 is 8.42 Å². The molecule has 0 aliphatic heterocycles. The van der Waals surface area contributed by atoms with Gasteiger partial charge in [-0.1, -0.05) is 36.7 Å². The molecule has 0 heterocycles. The fraction of sp³-hybridized carbons (Fsp3) is 1.00. The number of alkyl halides is 1. The van der Waals surface area contributed by atoms with E-state index in [1.165, 1.54) is 0 Å². The third-order valence-corrected chi connectivity index (χ3v) is 8.28. The fourth-order valence-corrected chi connectivity index (χ4v) is 6.93. The van der Waals surface area contributed by atoms with E-state index in [-0.39, 0.29) is 10.7 Å². The Bertz CT molecular complexity index is 365. The van der Waals surface area contributed by atoms with Crippen molar-refractivity contribution in [3.8, 4) is 0 Å². The van der Waals surface area contributed by atoms with Crippen molar-refractivity contribution in [1.29, 1.82) is 0 Å². The number of sulfone groups is 1. The lowest BCUT2D eigenvalue weighted by molar-refractivity contribution is 0.338. The van der Waals surface area contributed by atoms with Crippen LogP contribution in [0.25, 0.3) is 0 Å². The lowest BCUT2D eigenvalue weighted by atomic mass is 9.89. The summed E-state index contributed by atoms with van der Waals surface area (Å²) in [7, 11) is -2.88. The Morgan fingerprint density at radius 1 is 1.33 bits per heavy atom. The van der Waals surface area contributed by atoms with Crippen LogP contribution >= 0.6 is 15.9 Å². The molecule has 0 bridgehead atoms. The minimum Gasteiger partial charge on any atom is -0.228 e. The highest BCUT2D eigenvalue weighted by Crippen LogP contribution is 2.62. The lowest BCUT2D eigenvalue weighted by Gasteiger charge is -2.23. The summed E-state index contributed by atoms with van der Waals surface area (Å²) in [6, 6.07) is 0. The van der Waals surface area contributed by atoms with Crippen LogP contribution in [-0.2, 0) is 9.84 Å². The van der Waals surface area contributed by atoms with Gasteiger partial charge < -0.3 is 0 Å². The molecule has 0 aromatic heterocycles. The van der Waals surface area contributed by atoms with Crippen molar-refractivity contribution in [1.82, 2.24) is 0 Å². The first-order valence-electron chi connectivity index (χ1n) is 5.55. The molecule has 0 radical (unpaired) electrons. The van der Waals surface area contributed by atoms with Crippen molar-refractivity contribution in [3.63, 3.8) is 0 Å². The van der Waals surface area contributed by atoms with Crippen LogP contribution in [0.4, 0.5) is 0 Å². The maximum atomic E-state index is 12.3. The van der Waals surface area contributed by atoms with E-state index in [0.29, 0.717) is 11.2 Å². The van der Waals surface area contributed by atoms with E-state index in [0.717, 1.165) is 19.3 Å². The van der Waals surface area contributed by atoms with E-state index in [4.69, 9.17) is 0 Å². The van der Waals surface area contributed by atoms with Crippen LogP contribution in [-0.4, -0.2) is 23.7 Å². The van der Waals surface area contributed by atoms with Crippen molar-refractivity contribution in [2.75, 3.05) is 5.33 Å². The van der Waals surface area contributed by atoms with Crippen LogP contribution in [0.2, 0.25) is 0 Å². The molecule has 2 aliphatic rings. The van der Waals surface area contributed by atoms with Crippen LogP contribution in [0.5, 0.6) is 0 Å². The van der Waals surface area contributed by atoms with Gasteiger partial charge in [0.2, 0.25) is 0 Å². The lowest BCUT2D eigenvalue weighted by Crippen LogP contribution is -2.34. The maximum absolute atomic E-state index is 12.3. The molecular weight excluding hydrogens is 276 g/mol. The molecule has 2 nitrogen and oxygen atoms in total. The predicted octanol–water partition coefficient (Wildman–Crippen LogP) is 2.76. The smallest absolute Gasteiger partial charge is 0.159 e. The molecule has 4 heteroatoms. The highest BCUT2D eigenvalue weighted by atomic mass is 79.9. The molecule has 2 atom stereocenters. The average Bonchev–Trinajstić information content (AvgIpc) is 2.97. The first kappa shape index (κ1) is 11.9. The average molecular weight is 295 g/mol. The Hall–Kier alpha value is 0.430. The first-order valence-corrected chi connectivity index (χ1v) is 8.22. The van der Waals surface area contributed by atoms with Crippen molar-refractivity contribution in [2.24, 2.45) is 11.3 Å². The Balaban J connectivity index is 2.27. The summed E-state index contributed by atoms with van der Waals surface area (Å²) in [5, 5.41) is 0.586. The topological polar surface area (TPSA) is 34.1 Å². The second-order valence-electron chi connectivity index (χ2n) is 6.07. The van der Waals surface area contributed by atoms with Gasteiger partial charge in [0.15, 0.2) is 9.84 Å². The van der Waals surface area contributed by atoms with Gasteiger partial charge in [0.1, 0.15) is 0 Å². The molecule has 0 N–H and O–H groups in total. The number of halogens is 1. The van der Waals surface area contributed by atoms with Gasteiger partial charge in [-0.05, 0) is 30.6 Å². The molecule has 2 fully saturated rings. The Morgan fingerprint density at radius 2 is 1.87 bits per heavy atom. The molecular formula is C11H19BrO2S. The Labute approximate surface area is 101 Å². The minimum absolute atomic E-state index is 0.0256. The van der Waals surface area contributed by atoms with Crippen LogP contribution in [0, 0.1) is 11.3 Å². The molecule has 2 rings (SSSR count). The number of hydrogen-bond acceptors (Lipinski definition) is 2. The van der Waals surface area contributed by atoms with E-state index in [1.54, 1.807) is 0 Å². The molecule has 2 unspecified atom stereocenters. The maximum Gasteiger partial charge on any atom is 0.159 e. The van der Waals surface area contributed by atoms with Crippen LogP contribution in [0.15, 0.2) is 0 Å². The van der Waals surface area contributed by atoms with Gasteiger partial charge in [-0.2, -0.15) is 0 Å². The van der Waals surface area contributed by atoms with Crippen LogP contribution < -0.4 is 0 Å². The number of rotatable bonds is 3. The second-order valence-corrected chi connectivity index (χ2v) is 9.20. The summed E-state index contributed by atoms with van der Waals surface area (Å²) in [6.07, 6.45) is 2.61. The van der Waals surface area contributed by atoms with Crippen LogP contribution in [0.1, 0.15) is 40.0 Å². The van der Waals surface area contributed by atoms with Crippen molar-refractivity contribution in [2.45, 2.75) is 50.0 Å². The monoisotopic (exact) mass is 294 g/mol. The summed E-state index contributed by atoms with van der Waals surface area (Å²) in [5.41, 5.74) is 0.107. The summed E-state index contributed by atoms with van der Waals surface area (Å²) in [6.45, 7) is 6.43. The Kier molecular flexibility index (Phi) is 2.56. The van der Waals surface area contributed by atoms with Crippen LogP contribution in [0.3, 0.4) is 0 Å². The summed E-state index contributed by atoms with van der Waals surface area (Å²) < 4.78 is 24.2. The van der Waals surface area contributed by atoms with Gasteiger partial charge in [0, 0.05) is 5.33 Å². The third-order valence-electron chi connectivity index (χ3n) is 3.83. The van der Waals surface area contributed by atoms with Gasteiger partial charge in [-0.15, -0.1) is 0 Å². The van der Waals surface area contributed by atoms with Crippen molar-refractivity contribution in [3.05, 3.63) is 0 Å². The molecule has 0 amide bonds. The van der Waals surface area contributed by atoms with Gasteiger partial charge >= 0.3 is 0 Å². The van der Waals surface area contributed by atoms with Gasteiger partial charge in [0.05, 0.1) is 10.00 Å². The molecule has 0 aromatic carbocycles. The normalized spacial score (nSPS) is 36.7. The fourth-order valence-electron chi connectivity index (χ4n) is 2.63. The van der Waals surface area contributed by atoms with Gasteiger partial charge in [-0.25, -0.2) is 8.42 Å². The molecule has 2 aliphatic carbocycles. The standard InChI is InChI=1S/C11H19BrO2S/c1-10(2,3)9-6-11(9,7-12)15(13,14)8-4-5-8/h8-9H,4-7H2,1-3H3. The zero-order chi connectivity index (χ0) is 11.5. The van der Waals surface area contributed by atoms with Crippen molar-refractivity contribution >= 4 is 25.8 Å². The largest absolute Gasteiger partial charge is 0.228 e. The van der Waals surface area contributed by atoms with E-state index in [9.17, 15) is 8.42 Å². The zero-order valence-corrected chi connectivity index (χ0v) is 12.0. The molecule has 88 valence electrons. The summed E-state index contributed by atoms with van der Waals surface area (Å²) >= 11 is 3.42. The van der Waals surface area contributed by atoms with Gasteiger partial charge in [-0.3, -0.25) is 0 Å². The predicted molar refractivity (Wildman–Crippen MR) is 66.0 cm³/mol. The number of hydrogen-bond donors (Lipinski definition) is 0. The molecule has 0 saturated heterocycles. The van der Waals surface area contributed by atoms with Gasteiger partial charge in [0.25, 0.3) is 0 Å².